The molecule has 6 heteroatoms. The standard InChI is InChI=1S/C17H31NO5/c1-17(2,3)23-16(20)18-13-8-6-12(7-9-13)14(19)10-11-15(21-4)22-5/h12-13,15H,6-11H2,1-5H3,(H,18,20)/t12-,13-. The van der Waals surface area contributed by atoms with Crippen molar-refractivity contribution in [2.75, 3.05) is 14.2 Å². The molecule has 0 unspecified atom stereocenters. The van der Waals surface area contributed by atoms with E-state index in [0.29, 0.717) is 12.8 Å². The Morgan fingerprint density at radius 2 is 1.65 bits per heavy atom. The molecule has 1 rings (SSSR count). The zero-order valence-electron chi connectivity index (χ0n) is 15.0. The molecule has 0 atom stereocenters. The zero-order chi connectivity index (χ0) is 17.5. The summed E-state index contributed by atoms with van der Waals surface area (Å²) in [6, 6.07) is 0.0969. The highest BCUT2D eigenvalue weighted by Gasteiger charge is 2.28. The monoisotopic (exact) mass is 329 g/mol. The topological polar surface area (TPSA) is 73.9 Å². The van der Waals surface area contributed by atoms with Crippen LogP contribution in [0.15, 0.2) is 0 Å². The van der Waals surface area contributed by atoms with Crippen molar-refractivity contribution in [1.82, 2.24) is 5.32 Å². The first-order chi connectivity index (χ1) is 10.7. The molecule has 134 valence electrons. The van der Waals surface area contributed by atoms with Crippen LogP contribution in [0.1, 0.15) is 59.3 Å². The molecule has 23 heavy (non-hydrogen) atoms. The highest BCUT2D eigenvalue weighted by atomic mass is 16.7. The molecule has 0 bridgehead atoms. The smallest absolute Gasteiger partial charge is 0.407 e. The Labute approximate surface area is 139 Å². The van der Waals surface area contributed by atoms with Gasteiger partial charge in [-0.15, -0.1) is 0 Å². The number of ether oxygens (including phenoxy) is 3. The molecule has 0 radical (unpaired) electrons. The third kappa shape index (κ3) is 7.79. The molecule has 1 fully saturated rings. The first-order valence-electron chi connectivity index (χ1n) is 8.33. The van der Waals surface area contributed by atoms with Crippen molar-refractivity contribution >= 4 is 11.9 Å². The summed E-state index contributed by atoms with van der Waals surface area (Å²) in [4.78, 5) is 24.0. The maximum absolute atomic E-state index is 12.2. The highest BCUT2D eigenvalue weighted by Crippen LogP contribution is 2.27. The van der Waals surface area contributed by atoms with Crippen molar-refractivity contribution in [1.29, 1.82) is 0 Å². The van der Waals surface area contributed by atoms with E-state index in [9.17, 15) is 9.59 Å². The first-order valence-corrected chi connectivity index (χ1v) is 8.33. The summed E-state index contributed by atoms with van der Waals surface area (Å²) < 4.78 is 15.5. The molecule has 0 aliphatic heterocycles. The molecule has 1 N–H and O–H groups in total. The number of carbonyl (C=O) groups is 2. The summed E-state index contributed by atoms with van der Waals surface area (Å²) >= 11 is 0. The lowest BCUT2D eigenvalue weighted by Crippen LogP contribution is -2.41. The highest BCUT2D eigenvalue weighted by molar-refractivity contribution is 5.81. The fourth-order valence-corrected chi connectivity index (χ4v) is 2.83. The molecule has 1 amide bonds. The largest absolute Gasteiger partial charge is 0.444 e. The summed E-state index contributed by atoms with van der Waals surface area (Å²) in [5.74, 6) is 0.348. The van der Waals surface area contributed by atoms with Gasteiger partial charge in [-0.3, -0.25) is 4.79 Å². The molecular formula is C17H31NO5. The number of alkyl carbamates (subject to hydrolysis) is 1. The van der Waals surface area contributed by atoms with Gasteiger partial charge in [0, 0.05) is 39.0 Å². The number of amides is 1. The van der Waals surface area contributed by atoms with E-state index in [1.54, 1.807) is 14.2 Å². The average molecular weight is 329 g/mol. The van der Waals surface area contributed by atoms with Gasteiger partial charge >= 0.3 is 6.09 Å². The van der Waals surface area contributed by atoms with Gasteiger partial charge in [-0.05, 0) is 46.5 Å². The Kier molecular flexibility index (Phi) is 7.99. The van der Waals surface area contributed by atoms with Gasteiger partial charge in [0.15, 0.2) is 6.29 Å². The molecule has 6 nitrogen and oxygen atoms in total. The van der Waals surface area contributed by atoms with E-state index in [1.807, 2.05) is 20.8 Å². The van der Waals surface area contributed by atoms with Gasteiger partial charge < -0.3 is 19.5 Å². The van der Waals surface area contributed by atoms with Gasteiger partial charge in [0.2, 0.25) is 0 Å². The normalized spacial score (nSPS) is 22.0. The molecule has 0 spiro atoms. The predicted octanol–water partition coefficient (Wildman–Crippen LogP) is 3.04. The molecule has 0 aromatic carbocycles. The maximum atomic E-state index is 12.2. The van der Waals surface area contributed by atoms with E-state index in [2.05, 4.69) is 5.32 Å². The molecular weight excluding hydrogens is 298 g/mol. The maximum Gasteiger partial charge on any atom is 0.407 e. The van der Waals surface area contributed by atoms with E-state index >= 15 is 0 Å². The number of methoxy groups -OCH3 is 2. The van der Waals surface area contributed by atoms with E-state index in [4.69, 9.17) is 14.2 Å². The van der Waals surface area contributed by atoms with Crippen molar-refractivity contribution in [3.63, 3.8) is 0 Å². The SMILES string of the molecule is COC(CCC(=O)[C@H]1CC[C@H](NC(=O)OC(C)(C)C)CC1)OC. The zero-order valence-corrected chi connectivity index (χ0v) is 15.0. The van der Waals surface area contributed by atoms with Crippen molar-refractivity contribution in [2.24, 2.45) is 5.92 Å². The Bertz CT molecular complexity index is 379. The van der Waals surface area contributed by atoms with Gasteiger partial charge in [-0.2, -0.15) is 0 Å². The lowest BCUT2D eigenvalue weighted by atomic mass is 9.82. The van der Waals surface area contributed by atoms with Crippen LogP contribution in [0, 0.1) is 5.92 Å². The van der Waals surface area contributed by atoms with Gasteiger partial charge in [0.05, 0.1) is 0 Å². The van der Waals surface area contributed by atoms with Crippen LogP contribution in [0.5, 0.6) is 0 Å². The van der Waals surface area contributed by atoms with Crippen LogP contribution in [0.2, 0.25) is 0 Å². The molecule has 1 aliphatic rings. The second-order valence-corrected chi connectivity index (χ2v) is 7.10. The first kappa shape index (κ1) is 19.9. The van der Waals surface area contributed by atoms with Crippen LogP contribution in [0.25, 0.3) is 0 Å². The van der Waals surface area contributed by atoms with Gasteiger partial charge in [-0.1, -0.05) is 0 Å². The van der Waals surface area contributed by atoms with Crippen molar-refractivity contribution in [2.45, 2.75) is 77.2 Å². The van der Waals surface area contributed by atoms with Crippen molar-refractivity contribution in [3.8, 4) is 0 Å². The molecule has 0 aromatic heterocycles. The second kappa shape index (κ2) is 9.23. The van der Waals surface area contributed by atoms with E-state index in [-0.39, 0.29) is 30.1 Å². The van der Waals surface area contributed by atoms with Crippen molar-refractivity contribution in [3.05, 3.63) is 0 Å². The lowest BCUT2D eigenvalue weighted by molar-refractivity contribution is -0.131. The molecule has 0 saturated heterocycles. The summed E-state index contributed by atoms with van der Waals surface area (Å²) in [5.41, 5.74) is -0.490. The Morgan fingerprint density at radius 1 is 1.09 bits per heavy atom. The summed E-state index contributed by atoms with van der Waals surface area (Å²) in [5, 5.41) is 2.89. The number of carbonyl (C=O) groups excluding carboxylic acids is 2. The summed E-state index contributed by atoms with van der Waals surface area (Å²) in [6.45, 7) is 5.53. The van der Waals surface area contributed by atoms with E-state index < -0.39 is 5.60 Å². The van der Waals surface area contributed by atoms with Gasteiger partial charge in [-0.25, -0.2) is 4.79 Å². The van der Waals surface area contributed by atoms with Crippen LogP contribution in [0.4, 0.5) is 4.79 Å². The lowest BCUT2D eigenvalue weighted by Gasteiger charge is -2.29. The Morgan fingerprint density at radius 3 is 2.13 bits per heavy atom. The average Bonchev–Trinajstić information content (AvgIpc) is 2.46. The van der Waals surface area contributed by atoms with Crippen molar-refractivity contribution < 1.29 is 23.8 Å². The quantitative estimate of drug-likeness (QED) is 0.727. The minimum atomic E-state index is -0.490. The minimum Gasteiger partial charge on any atom is -0.444 e. The molecule has 1 aliphatic carbocycles. The van der Waals surface area contributed by atoms with Crippen LogP contribution >= 0.6 is 0 Å². The predicted molar refractivity (Wildman–Crippen MR) is 87.2 cm³/mol. The minimum absolute atomic E-state index is 0.0843. The Hall–Kier alpha value is -1.14. The van der Waals surface area contributed by atoms with Crippen LogP contribution in [0.3, 0.4) is 0 Å². The molecule has 0 heterocycles. The number of hydrogen-bond acceptors (Lipinski definition) is 5. The molecule has 0 aromatic rings. The van der Waals surface area contributed by atoms with Crippen LogP contribution in [-0.2, 0) is 19.0 Å². The van der Waals surface area contributed by atoms with Gasteiger partial charge in [0.25, 0.3) is 0 Å². The summed E-state index contributed by atoms with van der Waals surface area (Å²) in [7, 11) is 3.15. The number of nitrogens with one attached hydrogen (secondary N) is 1. The summed E-state index contributed by atoms with van der Waals surface area (Å²) in [6.07, 6.45) is 3.61. The fourth-order valence-electron chi connectivity index (χ4n) is 2.83. The number of ketones is 1. The number of rotatable bonds is 7. The van der Waals surface area contributed by atoms with Crippen LogP contribution in [-0.4, -0.2) is 44.0 Å². The fraction of sp³-hybridized carbons (Fsp3) is 0.882. The Balaban J connectivity index is 2.29. The van der Waals surface area contributed by atoms with E-state index in [0.717, 1.165) is 25.7 Å². The number of hydrogen-bond donors (Lipinski definition) is 1. The third-order valence-electron chi connectivity index (χ3n) is 4.06. The van der Waals surface area contributed by atoms with Gasteiger partial charge in [0.1, 0.15) is 11.4 Å². The second-order valence-electron chi connectivity index (χ2n) is 7.10. The van der Waals surface area contributed by atoms with E-state index in [1.165, 1.54) is 0 Å². The third-order valence-corrected chi connectivity index (χ3v) is 4.06. The number of Topliss-reactive ketones (excluding diaryl/α,β-unsaturated/α-hetero) is 1. The van der Waals surface area contributed by atoms with Crippen LogP contribution < -0.4 is 5.32 Å². The molecule has 1 saturated carbocycles.